The number of nitrogens with two attached hydrogens (primary N) is 1. The molecule has 4 nitrogen and oxygen atoms in total. The molecule has 1 aliphatic rings. The van der Waals surface area contributed by atoms with Crippen molar-refractivity contribution in [1.82, 2.24) is 4.90 Å². The molecule has 1 heterocycles. The van der Waals surface area contributed by atoms with E-state index in [-0.39, 0.29) is 0 Å². The van der Waals surface area contributed by atoms with Crippen LogP contribution in [0.5, 0.6) is 11.5 Å². The fraction of sp³-hybridized carbons (Fsp3) is 0.684. The fourth-order valence-electron chi connectivity index (χ4n) is 3.75. The topological polar surface area (TPSA) is 47.7 Å². The molecule has 0 aromatic heterocycles. The first-order valence-electron chi connectivity index (χ1n) is 8.73. The van der Waals surface area contributed by atoms with Crippen LogP contribution in [0.4, 0.5) is 0 Å². The summed E-state index contributed by atoms with van der Waals surface area (Å²) in [5.41, 5.74) is 7.37. The van der Waals surface area contributed by atoms with Crippen LogP contribution in [0.25, 0.3) is 0 Å². The Hall–Kier alpha value is -1.26. The van der Waals surface area contributed by atoms with Gasteiger partial charge in [0.2, 0.25) is 0 Å². The molecular weight excluding hydrogens is 288 g/mol. The molecule has 0 amide bonds. The Morgan fingerprint density at radius 3 is 2.39 bits per heavy atom. The van der Waals surface area contributed by atoms with E-state index in [4.69, 9.17) is 15.2 Å². The summed E-state index contributed by atoms with van der Waals surface area (Å²) in [6.45, 7) is 8.80. The summed E-state index contributed by atoms with van der Waals surface area (Å²) >= 11 is 0. The summed E-state index contributed by atoms with van der Waals surface area (Å²) in [6.07, 6.45) is 2.42. The van der Waals surface area contributed by atoms with Gasteiger partial charge in [0, 0.05) is 18.5 Å². The molecule has 23 heavy (non-hydrogen) atoms. The first-order valence-corrected chi connectivity index (χ1v) is 8.73. The van der Waals surface area contributed by atoms with Crippen LogP contribution < -0.4 is 15.2 Å². The number of hydrogen-bond donors (Lipinski definition) is 1. The lowest BCUT2D eigenvalue weighted by Crippen LogP contribution is -2.38. The van der Waals surface area contributed by atoms with Crippen LogP contribution in [0.15, 0.2) is 18.2 Å². The second-order valence-corrected chi connectivity index (χ2v) is 6.98. The molecule has 1 unspecified atom stereocenters. The Balaban J connectivity index is 2.09. The second-order valence-electron chi connectivity index (χ2n) is 6.98. The minimum atomic E-state index is 0.358. The monoisotopic (exact) mass is 320 g/mol. The van der Waals surface area contributed by atoms with Crippen LogP contribution in [0, 0.1) is 11.8 Å². The molecular formula is C19H32N2O2. The third-order valence-electron chi connectivity index (χ3n) is 4.92. The summed E-state index contributed by atoms with van der Waals surface area (Å²) in [6, 6.07) is 6.09. The SMILES string of the molecule is COc1ccc(C(CN)C2CCN(CC(C)C)CC2)c(OC)c1. The summed E-state index contributed by atoms with van der Waals surface area (Å²) in [5, 5.41) is 0. The Bertz CT molecular complexity index is 482. The molecule has 1 atom stereocenters. The Morgan fingerprint density at radius 1 is 1.17 bits per heavy atom. The zero-order valence-corrected chi connectivity index (χ0v) is 15.0. The van der Waals surface area contributed by atoms with Crippen molar-refractivity contribution in [1.29, 1.82) is 0 Å². The number of nitrogens with zero attached hydrogens (tertiary/aromatic N) is 1. The van der Waals surface area contributed by atoms with Crippen molar-refractivity contribution in [3.63, 3.8) is 0 Å². The predicted molar refractivity (Wildman–Crippen MR) is 95.3 cm³/mol. The molecule has 1 fully saturated rings. The number of hydrogen-bond acceptors (Lipinski definition) is 4. The predicted octanol–water partition coefficient (Wildman–Crippen LogP) is 3.11. The molecule has 0 bridgehead atoms. The van der Waals surface area contributed by atoms with E-state index in [1.807, 2.05) is 12.1 Å². The van der Waals surface area contributed by atoms with Crippen LogP contribution in [0.3, 0.4) is 0 Å². The second kappa shape index (κ2) is 8.55. The number of benzene rings is 1. The molecule has 1 aromatic carbocycles. The van der Waals surface area contributed by atoms with Crippen molar-refractivity contribution in [3.05, 3.63) is 23.8 Å². The van der Waals surface area contributed by atoms with Crippen molar-refractivity contribution < 1.29 is 9.47 Å². The molecule has 0 spiro atoms. The molecule has 2 N–H and O–H groups in total. The van der Waals surface area contributed by atoms with E-state index in [1.54, 1.807) is 14.2 Å². The van der Waals surface area contributed by atoms with E-state index in [1.165, 1.54) is 38.0 Å². The number of ether oxygens (including phenoxy) is 2. The molecule has 1 aliphatic heterocycles. The molecule has 0 aliphatic carbocycles. The van der Waals surface area contributed by atoms with E-state index in [2.05, 4.69) is 24.8 Å². The van der Waals surface area contributed by atoms with E-state index >= 15 is 0 Å². The molecule has 1 saturated heterocycles. The van der Waals surface area contributed by atoms with Gasteiger partial charge >= 0.3 is 0 Å². The minimum Gasteiger partial charge on any atom is -0.497 e. The van der Waals surface area contributed by atoms with E-state index in [0.717, 1.165) is 17.4 Å². The third kappa shape index (κ3) is 4.61. The lowest BCUT2D eigenvalue weighted by Gasteiger charge is -2.37. The van der Waals surface area contributed by atoms with Crippen LogP contribution in [-0.2, 0) is 0 Å². The van der Waals surface area contributed by atoms with E-state index in [9.17, 15) is 0 Å². The fourth-order valence-corrected chi connectivity index (χ4v) is 3.75. The van der Waals surface area contributed by atoms with E-state index in [0.29, 0.717) is 18.4 Å². The average Bonchev–Trinajstić information content (AvgIpc) is 2.56. The summed E-state index contributed by atoms with van der Waals surface area (Å²) < 4.78 is 10.9. The minimum absolute atomic E-state index is 0.358. The molecule has 2 rings (SSSR count). The van der Waals surface area contributed by atoms with Gasteiger partial charge in [0.15, 0.2) is 0 Å². The number of likely N-dealkylation sites (tertiary alicyclic amines) is 1. The Kier molecular flexibility index (Phi) is 6.72. The van der Waals surface area contributed by atoms with Gasteiger partial charge < -0.3 is 20.1 Å². The summed E-state index contributed by atoms with van der Waals surface area (Å²) in [5.74, 6) is 3.44. The summed E-state index contributed by atoms with van der Waals surface area (Å²) in [4.78, 5) is 2.58. The van der Waals surface area contributed by atoms with Crippen LogP contribution in [0.2, 0.25) is 0 Å². The first kappa shape index (κ1) is 18.1. The number of rotatable bonds is 7. The number of piperidine rings is 1. The molecule has 1 aromatic rings. The van der Waals surface area contributed by atoms with Gasteiger partial charge in [-0.3, -0.25) is 0 Å². The zero-order valence-electron chi connectivity index (χ0n) is 15.0. The van der Waals surface area contributed by atoms with Crippen molar-refractivity contribution >= 4 is 0 Å². The average molecular weight is 320 g/mol. The molecule has 0 saturated carbocycles. The standard InChI is InChI=1S/C19H32N2O2/c1-14(2)13-21-9-7-15(8-10-21)18(12-20)17-6-5-16(22-3)11-19(17)23-4/h5-6,11,14-15,18H,7-10,12-13,20H2,1-4H3. The van der Waals surface area contributed by atoms with Gasteiger partial charge in [0.1, 0.15) is 11.5 Å². The van der Waals surface area contributed by atoms with Crippen molar-refractivity contribution in [2.45, 2.75) is 32.6 Å². The summed E-state index contributed by atoms with van der Waals surface area (Å²) in [7, 11) is 3.40. The molecule has 0 radical (unpaired) electrons. The van der Waals surface area contributed by atoms with Gasteiger partial charge in [-0.15, -0.1) is 0 Å². The third-order valence-corrected chi connectivity index (χ3v) is 4.92. The van der Waals surface area contributed by atoms with Crippen LogP contribution in [0.1, 0.15) is 38.2 Å². The van der Waals surface area contributed by atoms with Gasteiger partial charge in [-0.25, -0.2) is 0 Å². The zero-order chi connectivity index (χ0) is 16.8. The lowest BCUT2D eigenvalue weighted by molar-refractivity contribution is 0.154. The highest BCUT2D eigenvalue weighted by Gasteiger charge is 2.28. The quantitative estimate of drug-likeness (QED) is 0.838. The van der Waals surface area contributed by atoms with Gasteiger partial charge in [0.05, 0.1) is 14.2 Å². The molecule has 4 heteroatoms. The molecule has 130 valence electrons. The van der Waals surface area contributed by atoms with Gasteiger partial charge in [-0.1, -0.05) is 19.9 Å². The van der Waals surface area contributed by atoms with Crippen LogP contribution >= 0.6 is 0 Å². The normalized spacial score (nSPS) is 18.2. The smallest absolute Gasteiger partial charge is 0.126 e. The number of methoxy groups -OCH3 is 2. The highest BCUT2D eigenvalue weighted by molar-refractivity contribution is 5.43. The Morgan fingerprint density at radius 2 is 1.87 bits per heavy atom. The Labute approximate surface area is 140 Å². The van der Waals surface area contributed by atoms with Gasteiger partial charge in [-0.05, 0) is 55.9 Å². The van der Waals surface area contributed by atoms with Gasteiger partial charge in [0.25, 0.3) is 0 Å². The van der Waals surface area contributed by atoms with Crippen LogP contribution in [-0.4, -0.2) is 45.3 Å². The van der Waals surface area contributed by atoms with Gasteiger partial charge in [-0.2, -0.15) is 0 Å². The largest absolute Gasteiger partial charge is 0.497 e. The maximum absolute atomic E-state index is 6.14. The van der Waals surface area contributed by atoms with Crippen molar-refractivity contribution in [2.24, 2.45) is 17.6 Å². The lowest BCUT2D eigenvalue weighted by atomic mass is 9.79. The highest BCUT2D eigenvalue weighted by Crippen LogP contribution is 2.38. The van der Waals surface area contributed by atoms with Crippen molar-refractivity contribution in [2.75, 3.05) is 40.4 Å². The maximum atomic E-state index is 6.14. The first-order chi connectivity index (χ1) is 11.1. The van der Waals surface area contributed by atoms with E-state index < -0.39 is 0 Å². The highest BCUT2D eigenvalue weighted by atomic mass is 16.5. The maximum Gasteiger partial charge on any atom is 0.126 e. The van der Waals surface area contributed by atoms with Crippen molar-refractivity contribution in [3.8, 4) is 11.5 Å².